The quantitative estimate of drug-likeness (QED) is 0.558. The first-order chi connectivity index (χ1) is 15.6. The highest BCUT2D eigenvalue weighted by molar-refractivity contribution is 5.78. The molecule has 1 aliphatic rings. The number of carbonyl (C=O) groups is 1. The first-order valence-corrected chi connectivity index (χ1v) is 10.7. The predicted octanol–water partition coefficient (Wildman–Crippen LogP) is 2.14. The van der Waals surface area contributed by atoms with Crippen molar-refractivity contribution in [3.05, 3.63) is 66.4 Å². The maximum Gasteiger partial charge on any atom is 0.226 e. The standard InChI is InChI=1S/C23H26FN5O3/c24-17-6-4-16(5-7-17)21-14-29(28-27-21)12-10-19-8-9-20(22(15-30)32-19)26-23(31)13-18-3-1-2-11-25-18/h1-7,11,14,19-20,22,30H,8-10,12-13,15H2,(H,26,31)/t19-,20-,22+/m1/s1. The van der Waals surface area contributed by atoms with Crippen molar-refractivity contribution in [2.75, 3.05) is 6.61 Å². The summed E-state index contributed by atoms with van der Waals surface area (Å²) in [5.41, 5.74) is 2.18. The maximum atomic E-state index is 13.1. The molecule has 32 heavy (non-hydrogen) atoms. The Morgan fingerprint density at radius 2 is 2.06 bits per heavy atom. The largest absolute Gasteiger partial charge is 0.394 e. The van der Waals surface area contributed by atoms with Crippen molar-refractivity contribution in [3.63, 3.8) is 0 Å². The van der Waals surface area contributed by atoms with Crippen LogP contribution in [-0.2, 0) is 22.5 Å². The molecule has 3 atom stereocenters. The average Bonchev–Trinajstić information content (AvgIpc) is 3.28. The number of aromatic nitrogens is 4. The van der Waals surface area contributed by atoms with Gasteiger partial charge in [0.2, 0.25) is 5.91 Å². The van der Waals surface area contributed by atoms with E-state index in [1.807, 2.05) is 18.3 Å². The number of aryl methyl sites for hydroxylation is 1. The molecule has 3 aromatic rings. The Kier molecular flexibility index (Phi) is 7.18. The fraction of sp³-hybridized carbons (Fsp3) is 0.391. The van der Waals surface area contributed by atoms with Gasteiger partial charge >= 0.3 is 0 Å². The zero-order chi connectivity index (χ0) is 22.3. The molecule has 1 amide bonds. The van der Waals surface area contributed by atoms with Crippen molar-refractivity contribution in [1.82, 2.24) is 25.3 Å². The lowest BCUT2D eigenvalue weighted by molar-refractivity contribution is -0.128. The fourth-order valence-corrected chi connectivity index (χ4v) is 3.87. The van der Waals surface area contributed by atoms with Gasteiger partial charge in [0.05, 0.1) is 31.4 Å². The van der Waals surface area contributed by atoms with Crippen LogP contribution in [0.5, 0.6) is 0 Å². The zero-order valence-electron chi connectivity index (χ0n) is 17.6. The van der Waals surface area contributed by atoms with E-state index in [1.165, 1.54) is 12.1 Å². The molecule has 0 radical (unpaired) electrons. The van der Waals surface area contributed by atoms with Crippen LogP contribution in [0.4, 0.5) is 4.39 Å². The molecular weight excluding hydrogens is 413 g/mol. The summed E-state index contributed by atoms with van der Waals surface area (Å²) >= 11 is 0. The summed E-state index contributed by atoms with van der Waals surface area (Å²) in [6.45, 7) is 0.441. The maximum absolute atomic E-state index is 13.1. The minimum Gasteiger partial charge on any atom is -0.394 e. The van der Waals surface area contributed by atoms with E-state index in [0.29, 0.717) is 24.4 Å². The molecule has 1 saturated heterocycles. The normalized spacial score (nSPS) is 20.8. The molecule has 4 rings (SSSR count). The van der Waals surface area contributed by atoms with Gasteiger partial charge in [0.1, 0.15) is 17.6 Å². The second-order valence-electron chi connectivity index (χ2n) is 7.89. The van der Waals surface area contributed by atoms with Crippen molar-refractivity contribution >= 4 is 5.91 Å². The highest BCUT2D eigenvalue weighted by Gasteiger charge is 2.31. The lowest BCUT2D eigenvalue weighted by atomic mass is 9.97. The molecule has 0 aliphatic carbocycles. The van der Waals surface area contributed by atoms with Gasteiger partial charge in [-0.05, 0) is 55.7 Å². The minimum atomic E-state index is -0.452. The van der Waals surface area contributed by atoms with E-state index in [-0.39, 0.29) is 36.9 Å². The van der Waals surface area contributed by atoms with E-state index in [2.05, 4.69) is 20.6 Å². The summed E-state index contributed by atoms with van der Waals surface area (Å²) in [5.74, 6) is -0.426. The Morgan fingerprint density at radius 3 is 2.81 bits per heavy atom. The number of carbonyl (C=O) groups excluding carboxylic acids is 1. The van der Waals surface area contributed by atoms with Crippen LogP contribution in [0.3, 0.4) is 0 Å². The van der Waals surface area contributed by atoms with E-state index in [1.54, 1.807) is 29.1 Å². The molecule has 0 saturated carbocycles. The number of pyridine rings is 1. The molecule has 168 valence electrons. The lowest BCUT2D eigenvalue weighted by Crippen LogP contribution is -2.51. The summed E-state index contributed by atoms with van der Waals surface area (Å²) in [5, 5.41) is 21.0. The summed E-state index contributed by atoms with van der Waals surface area (Å²) in [6.07, 6.45) is 5.37. The number of halogens is 1. The number of rotatable bonds is 8. The molecule has 0 bridgehead atoms. The van der Waals surface area contributed by atoms with Gasteiger partial charge in [-0.3, -0.25) is 14.5 Å². The number of nitrogens with zero attached hydrogens (tertiary/aromatic N) is 4. The number of amides is 1. The SMILES string of the molecule is O=C(Cc1ccccn1)N[C@@H]1CC[C@H](CCn2cc(-c3ccc(F)cc3)nn2)O[C@H]1CO. The molecule has 3 heterocycles. The van der Waals surface area contributed by atoms with Crippen LogP contribution in [0.2, 0.25) is 0 Å². The third-order valence-electron chi connectivity index (χ3n) is 5.57. The summed E-state index contributed by atoms with van der Waals surface area (Å²) in [6, 6.07) is 11.4. The number of hydrogen-bond acceptors (Lipinski definition) is 6. The Hall–Kier alpha value is -3.17. The topological polar surface area (TPSA) is 102 Å². The third-order valence-corrected chi connectivity index (χ3v) is 5.57. The van der Waals surface area contributed by atoms with Crippen LogP contribution < -0.4 is 5.32 Å². The number of hydrogen-bond donors (Lipinski definition) is 2. The van der Waals surface area contributed by atoms with Crippen LogP contribution in [-0.4, -0.2) is 55.8 Å². The lowest BCUT2D eigenvalue weighted by Gasteiger charge is -2.36. The first kappa shape index (κ1) is 22.0. The summed E-state index contributed by atoms with van der Waals surface area (Å²) in [7, 11) is 0. The molecular formula is C23H26FN5O3. The average molecular weight is 439 g/mol. The van der Waals surface area contributed by atoms with E-state index < -0.39 is 6.10 Å². The molecule has 1 fully saturated rings. The van der Waals surface area contributed by atoms with Gasteiger partial charge in [0, 0.05) is 24.0 Å². The Labute approximate surface area is 185 Å². The second kappa shape index (κ2) is 10.4. The highest BCUT2D eigenvalue weighted by atomic mass is 19.1. The van der Waals surface area contributed by atoms with Crippen LogP contribution in [0.1, 0.15) is 25.0 Å². The van der Waals surface area contributed by atoms with Crippen molar-refractivity contribution in [1.29, 1.82) is 0 Å². The summed E-state index contributed by atoms with van der Waals surface area (Å²) in [4.78, 5) is 16.5. The second-order valence-corrected chi connectivity index (χ2v) is 7.89. The smallest absolute Gasteiger partial charge is 0.226 e. The molecule has 2 N–H and O–H groups in total. The third kappa shape index (κ3) is 5.74. The molecule has 0 unspecified atom stereocenters. The molecule has 2 aromatic heterocycles. The van der Waals surface area contributed by atoms with Crippen molar-refractivity contribution in [3.8, 4) is 11.3 Å². The van der Waals surface area contributed by atoms with Gasteiger partial charge in [-0.15, -0.1) is 5.10 Å². The Bertz CT molecular complexity index is 1010. The minimum absolute atomic E-state index is 0.0467. The van der Waals surface area contributed by atoms with E-state index in [9.17, 15) is 14.3 Å². The van der Waals surface area contributed by atoms with Gasteiger partial charge in [-0.2, -0.15) is 0 Å². The molecule has 1 aliphatic heterocycles. The predicted molar refractivity (Wildman–Crippen MR) is 115 cm³/mol. The van der Waals surface area contributed by atoms with Gasteiger partial charge in [0.15, 0.2) is 0 Å². The van der Waals surface area contributed by atoms with Crippen LogP contribution >= 0.6 is 0 Å². The number of benzene rings is 1. The van der Waals surface area contributed by atoms with Crippen molar-refractivity contribution in [2.45, 2.75) is 50.5 Å². The van der Waals surface area contributed by atoms with Gasteiger partial charge in [0.25, 0.3) is 0 Å². The number of ether oxygens (including phenoxy) is 1. The van der Waals surface area contributed by atoms with Gasteiger partial charge in [-0.25, -0.2) is 4.39 Å². The Balaban J connectivity index is 1.26. The van der Waals surface area contributed by atoms with E-state index in [0.717, 1.165) is 18.4 Å². The van der Waals surface area contributed by atoms with Crippen LogP contribution in [0, 0.1) is 5.82 Å². The number of aliphatic hydroxyl groups is 1. The Morgan fingerprint density at radius 1 is 1.22 bits per heavy atom. The number of nitrogens with one attached hydrogen (secondary N) is 1. The van der Waals surface area contributed by atoms with Crippen LogP contribution in [0.25, 0.3) is 11.3 Å². The van der Waals surface area contributed by atoms with Gasteiger partial charge in [-0.1, -0.05) is 11.3 Å². The van der Waals surface area contributed by atoms with Gasteiger partial charge < -0.3 is 15.2 Å². The van der Waals surface area contributed by atoms with Crippen molar-refractivity contribution in [2.24, 2.45) is 0 Å². The zero-order valence-corrected chi connectivity index (χ0v) is 17.6. The molecule has 1 aromatic carbocycles. The van der Waals surface area contributed by atoms with E-state index in [4.69, 9.17) is 4.74 Å². The molecule has 9 heteroatoms. The fourth-order valence-electron chi connectivity index (χ4n) is 3.87. The number of aliphatic hydroxyl groups excluding tert-OH is 1. The first-order valence-electron chi connectivity index (χ1n) is 10.7. The van der Waals surface area contributed by atoms with Crippen LogP contribution in [0.15, 0.2) is 54.9 Å². The molecule has 8 nitrogen and oxygen atoms in total. The molecule has 0 spiro atoms. The highest BCUT2D eigenvalue weighted by Crippen LogP contribution is 2.23. The summed E-state index contributed by atoms with van der Waals surface area (Å²) < 4.78 is 20.9. The van der Waals surface area contributed by atoms with Crippen molar-refractivity contribution < 1.29 is 19.0 Å². The van der Waals surface area contributed by atoms with E-state index >= 15 is 0 Å². The monoisotopic (exact) mass is 439 g/mol.